The minimum atomic E-state index is 0.688. The number of aromatic nitrogens is 4. The molecule has 0 N–H and O–H groups in total. The van der Waals surface area contributed by atoms with Gasteiger partial charge in [-0.25, -0.2) is 9.97 Å². The molecular formula is C53H38N4. The first-order valence-corrected chi connectivity index (χ1v) is 19.3. The Morgan fingerprint density at radius 1 is 0.474 bits per heavy atom. The van der Waals surface area contributed by atoms with Crippen molar-refractivity contribution in [1.82, 2.24) is 19.1 Å². The SMILES string of the molecule is C=C(/C=C\C(=C/C)c1cc(-c2ccccc2)nc(-c2ccccc2)n1)c1cc(-n2c3ccccc3c3ccccc32)cc(-n2c3ccccc3c3ccccc32)c1. The van der Waals surface area contributed by atoms with Gasteiger partial charge in [0.15, 0.2) is 5.82 Å². The Morgan fingerprint density at radius 2 is 0.912 bits per heavy atom. The summed E-state index contributed by atoms with van der Waals surface area (Å²) in [7, 11) is 0. The number of rotatable bonds is 8. The molecule has 0 unspecified atom stereocenters. The molecule has 0 radical (unpaired) electrons. The van der Waals surface area contributed by atoms with E-state index in [9.17, 15) is 0 Å². The van der Waals surface area contributed by atoms with Gasteiger partial charge in [0.2, 0.25) is 0 Å². The molecule has 0 spiro atoms. The monoisotopic (exact) mass is 730 g/mol. The van der Waals surface area contributed by atoms with E-state index in [1.165, 1.54) is 21.5 Å². The van der Waals surface area contributed by atoms with Gasteiger partial charge < -0.3 is 9.13 Å². The molecule has 270 valence electrons. The summed E-state index contributed by atoms with van der Waals surface area (Å²) in [6.07, 6.45) is 6.34. The third-order valence-electron chi connectivity index (χ3n) is 10.8. The Hall–Kier alpha value is -7.56. The maximum Gasteiger partial charge on any atom is 0.160 e. The average molecular weight is 731 g/mol. The number of nitrogens with zero attached hydrogens (tertiary/aromatic N) is 4. The molecule has 7 aromatic carbocycles. The number of benzene rings is 7. The van der Waals surface area contributed by atoms with Crippen LogP contribution in [0.4, 0.5) is 0 Å². The standard InChI is InChI=1S/C53H38N4/c1-3-37(47-35-48(38-18-6-4-7-19-38)55-53(54-47)39-20-8-5-9-21-39)31-30-36(2)40-32-41(56-49-26-14-10-22-43(49)44-23-11-15-27-50(44)56)34-42(33-40)57-51-28-16-12-24-45(51)46-25-13-17-29-52(46)57/h3-35H,2H2,1H3/b31-30-,37-3+. The highest BCUT2D eigenvalue weighted by molar-refractivity contribution is 6.10. The van der Waals surface area contributed by atoms with E-state index in [2.05, 4.69) is 186 Å². The average Bonchev–Trinajstić information content (AvgIpc) is 3.80. The van der Waals surface area contributed by atoms with Crippen LogP contribution in [0.15, 0.2) is 207 Å². The molecule has 3 heterocycles. The Kier molecular flexibility index (Phi) is 8.50. The van der Waals surface area contributed by atoms with Crippen LogP contribution in [0.1, 0.15) is 18.2 Å². The van der Waals surface area contributed by atoms with Crippen molar-refractivity contribution in [3.63, 3.8) is 0 Å². The molecule has 3 aromatic heterocycles. The van der Waals surface area contributed by atoms with E-state index in [0.29, 0.717) is 5.82 Å². The van der Waals surface area contributed by atoms with Crippen molar-refractivity contribution in [2.24, 2.45) is 0 Å². The summed E-state index contributed by atoms with van der Waals surface area (Å²) in [5.41, 5.74) is 13.4. The number of hydrogen-bond donors (Lipinski definition) is 0. The van der Waals surface area contributed by atoms with E-state index in [1.807, 2.05) is 36.4 Å². The van der Waals surface area contributed by atoms with E-state index in [1.54, 1.807) is 0 Å². The van der Waals surface area contributed by atoms with E-state index < -0.39 is 0 Å². The first kappa shape index (κ1) is 34.0. The van der Waals surface area contributed by atoms with E-state index in [0.717, 1.165) is 72.7 Å². The van der Waals surface area contributed by atoms with Gasteiger partial charge in [0.05, 0.1) is 33.5 Å². The van der Waals surface area contributed by atoms with Crippen LogP contribution in [0, 0.1) is 0 Å². The van der Waals surface area contributed by atoms with Gasteiger partial charge in [0, 0.05) is 44.0 Å². The molecule has 4 heteroatoms. The lowest BCUT2D eigenvalue weighted by Crippen LogP contribution is -2.01. The summed E-state index contributed by atoms with van der Waals surface area (Å²) < 4.78 is 4.77. The van der Waals surface area contributed by atoms with Crippen molar-refractivity contribution < 1.29 is 0 Å². The fourth-order valence-electron chi connectivity index (χ4n) is 8.12. The third-order valence-corrected chi connectivity index (χ3v) is 10.8. The quantitative estimate of drug-likeness (QED) is 0.146. The zero-order valence-corrected chi connectivity index (χ0v) is 31.5. The zero-order chi connectivity index (χ0) is 38.3. The molecule has 0 saturated carbocycles. The van der Waals surface area contributed by atoms with Gasteiger partial charge in [0.25, 0.3) is 0 Å². The first-order chi connectivity index (χ1) is 28.1. The van der Waals surface area contributed by atoms with Crippen LogP contribution in [0.2, 0.25) is 0 Å². The van der Waals surface area contributed by atoms with Crippen molar-refractivity contribution in [1.29, 1.82) is 0 Å². The molecule has 0 aliphatic rings. The van der Waals surface area contributed by atoms with Crippen LogP contribution >= 0.6 is 0 Å². The van der Waals surface area contributed by atoms with E-state index in [-0.39, 0.29) is 0 Å². The van der Waals surface area contributed by atoms with Gasteiger partial charge in [-0.2, -0.15) is 0 Å². The Labute approximate surface area is 331 Å². The maximum atomic E-state index is 5.10. The molecular weight excluding hydrogens is 693 g/mol. The second-order valence-electron chi connectivity index (χ2n) is 14.3. The third kappa shape index (κ3) is 6.05. The van der Waals surface area contributed by atoms with Crippen LogP contribution in [0.25, 0.3) is 88.8 Å². The van der Waals surface area contributed by atoms with Crippen molar-refractivity contribution in [3.05, 3.63) is 218 Å². The molecule has 4 nitrogen and oxygen atoms in total. The van der Waals surface area contributed by atoms with Gasteiger partial charge in [-0.1, -0.05) is 158 Å². The smallest absolute Gasteiger partial charge is 0.160 e. The minimum absolute atomic E-state index is 0.688. The largest absolute Gasteiger partial charge is 0.309 e. The molecule has 0 fully saturated rings. The van der Waals surface area contributed by atoms with Crippen molar-refractivity contribution in [3.8, 4) is 34.0 Å². The predicted molar refractivity (Wildman–Crippen MR) is 240 cm³/mol. The van der Waals surface area contributed by atoms with Gasteiger partial charge in [-0.15, -0.1) is 0 Å². The summed E-state index contributed by atoms with van der Waals surface area (Å²) in [5.74, 6) is 0.688. The topological polar surface area (TPSA) is 35.6 Å². The molecule has 0 saturated heterocycles. The fraction of sp³-hybridized carbons (Fsp3) is 0.0189. The highest BCUT2D eigenvalue weighted by Crippen LogP contribution is 2.37. The Morgan fingerprint density at radius 3 is 1.39 bits per heavy atom. The summed E-state index contributed by atoms with van der Waals surface area (Å²) >= 11 is 0. The Bertz CT molecular complexity index is 2900. The molecule has 0 aliphatic heterocycles. The summed E-state index contributed by atoms with van der Waals surface area (Å²) in [4.78, 5) is 10.1. The Balaban J connectivity index is 1.13. The normalized spacial score (nSPS) is 12.1. The molecule has 0 atom stereocenters. The maximum absolute atomic E-state index is 5.10. The molecule has 0 bridgehead atoms. The van der Waals surface area contributed by atoms with E-state index in [4.69, 9.17) is 9.97 Å². The number of fused-ring (bicyclic) bond motifs is 6. The highest BCUT2D eigenvalue weighted by Gasteiger charge is 2.17. The number of allylic oxidation sites excluding steroid dienone is 5. The molecule has 0 aliphatic carbocycles. The fourth-order valence-corrected chi connectivity index (χ4v) is 8.12. The van der Waals surface area contributed by atoms with Crippen molar-refractivity contribution in [2.45, 2.75) is 6.92 Å². The molecule has 0 amide bonds. The first-order valence-electron chi connectivity index (χ1n) is 19.3. The van der Waals surface area contributed by atoms with Crippen molar-refractivity contribution in [2.75, 3.05) is 0 Å². The van der Waals surface area contributed by atoms with Crippen LogP contribution in [-0.2, 0) is 0 Å². The van der Waals surface area contributed by atoms with Crippen LogP contribution in [0.3, 0.4) is 0 Å². The number of hydrogen-bond acceptors (Lipinski definition) is 2. The van der Waals surface area contributed by atoms with Gasteiger partial charge in [0.1, 0.15) is 0 Å². The van der Waals surface area contributed by atoms with Crippen LogP contribution in [-0.4, -0.2) is 19.1 Å². The molecule has 10 aromatic rings. The van der Waals surface area contributed by atoms with Crippen LogP contribution < -0.4 is 0 Å². The summed E-state index contributed by atoms with van der Waals surface area (Å²) in [6.45, 7) is 6.74. The van der Waals surface area contributed by atoms with Crippen LogP contribution in [0.5, 0.6) is 0 Å². The minimum Gasteiger partial charge on any atom is -0.309 e. The molecule has 10 rings (SSSR count). The summed E-state index contributed by atoms with van der Waals surface area (Å²) in [6, 6.07) is 64.0. The lowest BCUT2D eigenvalue weighted by atomic mass is 10.0. The van der Waals surface area contributed by atoms with Gasteiger partial charge in [-0.05, 0) is 72.2 Å². The number of para-hydroxylation sites is 4. The lowest BCUT2D eigenvalue weighted by Gasteiger charge is -2.16. The van der Waals surface area contributed by atoms with Gasteiger partial charge >= 0.3 is 0 Å². The van der Waals surface area contributed by atoms with E-state index >= 15 is 0 Å². The molecule has 57 heavy (non-hydrogen) atoms. The summed E-state index contributed by atoms with van der Waals surface area (Å²) in [5, 5.41) is 4.90. The predicted octanol–water partition coefficient (Wildman–Crippen LogP) is 13.7. The van der Waals surface area contributed by atoms with Gasteiger partial charge in [-0.3, -0.25) is 0 Å². The lowest BCUT2D eigenvalue weighted by molar-refractivity contribution is 1.13. The van der Waals surface area contributed by atoms with Crippen molar-refractivity contribution >= 4 is 54.8 Å². The second-order valence-corrected chi connectivity index (χ2v) is 14.3. The highest BCUT2D eigenvalue weighted by atomic mass is 15.0. The zero-order valence-electron chi connectivity index (χ0n) is 31.5. The second kappa shape index (κ2) is 14.3.